The van der Waals surface area contributed by atoms with Crippen LogP contribution in [0.1, 0.15) is 29.8 Å². The highest BCUT2D eigenvalue weighted by molar-refractivity contribution is 5.74. The standard InChI is InChI=1S/C12H17NO3/c1-9(2)15-4-5-16-12-10(3)6-11(8-14)7-13-12/h6-9H,4-5H2,1-3H3. The quantitative estimate of drug-likeness (QED) is 0.546. The first kappa shape index (κ1) is 12.6. The number of aromatic nitrogens is 1. The van der Waals surface area contributed by atoms with Gasteiger partial charge in [-0.25, -0.2) is 4.98 Å². The minimum absolute atomic E-state index is 0.204. The van der Waals surface area contributed by atoms with E-state index < -0.39 is 0 Å². The minimum Gasteiger partial charge on any atom is -0.475 e. The molecule has 0 aliphatic carbocycles. The highest BCUT2D eigenvalue weighted by atomic mass is 16.5. The summed E-state index contributed by atoms with van der Waals surface area (Å²) in [5.74, 6) is 0.554. The maximum absolute atomic E-state index is 10.5. The molecule has 1 heterocycles. The van der Waals surface area contributed by atoms with E-state index >= 15 is 0 Å². The first-order valence-corrected chi connectivity index (χ1v) is 5.29. The average Bonchev–Trinajstić information content (AvgIpc) is 2.25. The van der Waals surface area contributed by atoms with Crippen LogP contribution in [0.5, 0.6) is 5.88 Å². The van der Waals surface area contributed by atoms with Gasteiger partial charge in [-0.15, -0.1) is 0 Å². The molecule has 0 unspecified atom stereocenters. The van der Waals surface area contributed by atoms with Crippen LogP contribution in [-0.4, -0.2) is 30.6 Å². The monoisotopic (exact) mass is 223 g/mol. The predicted molar refractivity (Wildman–Crippen MR) is 60.9 cm³/mol. The topological polar surface area (TPSA) is 48.4 Å². The smallest absolute Gasteiger partial charge is 0.216 e. The molecule has 1 rings (SSSR count). The lowest BCUT2D eigenvalue weighted by molar-refractivity contribution is 0.0541. The lowest BCUT2D eigenvalue weighted by atomic mass is 10.2. The second-order valence-corrected chi connectivity index (χ2v) is 3.78. The van der Waals surface area contributed by atoms with Crippen LogP contribution in [0.3, 0.4) is 0 Å². The van der Waals surface area contributed by atoms with Crippen LogP contribution in [0.2, 0.25) is 0 Å². The molecule has 4 nitrogen and oxygen atoms in total. The van der Waals surface area contributed by atoms with Gasteiger partial charge in [0.2, 0.25) is 5.88 Å². The van der Waals surface area contributed by atoms with Crippen molar-refractivity contribution in [2.45, 2.75) is 26.9 Å². The van der Waals surface area contributed by atoms with Gasteiger partial charge in [-0.1, -0.05) is 0 Å². The number of aldehydes is 1. The van der Waals surface area contributed by atoms with Gasteiger partial charge in [-0.2, -0.15) is 0 Å². The van der Waals surface area contributed by atoms with E-state index in [4.69, 9.17) is 9.47 Å². The van der Waals surface area contributed by atoms with Gasteiger partial charge >= 0.3 is 0 Å². The van der Waals surface area contributed by atoms with Crippen LogP contribution in [-0.2, 0) is 4.74 Å². The van der Waals surface area contributed by atoms with Crippen molar-refractivity contribution >= 4 is 6.29 Å². The average molecular weight is 223 g/mol. The molecular weight excluding hydrogens is 206 g/mol. The molecule has 0 aliphatic rings. The Morgan fingerprint density at radius 3 is 2.75 bits per heavy atom. The summed E-state index contributed by atoms with van der Waals surface area (Å²) in [5, 5.41) is 0. The second kappa shape index (κ2) is 6.23. The third kappa shape index (κ3) is 3.98. The Kier molecular flexibility index (Phi) is 4.92. The van der Waals surface area contributed by atoms with Gasteiger partial charge in [0.15, 0.2) is 6.29 Å². The summed E-state index contributed by atoms with van der Waals surface area (Å²) in [5.41, 5.74) is 1.41. The Bertz CT molecular complexity index is 350. The van der Waals surface area contributed by atoms with E-state index in [1.54, 1.807) is 6.07 Å². The maximum atomic E-state index is 10.5. The lowest BCUT2D eigenvalue weighted by Crippen LogP contribution is -2.12. The van der Waals surface area contributed by atoms with Crippen LogP contribution in [0, 0.1) is 6.92 Å². The highest BCUT2D eigenvalue weighted by Gasteiger charge is 2.02. The number of rotatable bonds is 6. The third-order valence-electron chi connectivity index (χ3n) is 1.96. The number of nitrogens with zero attached hydrogens (tertiary/aromatic N) is 1. The molecule has 4 heteroatoms. The van der Waals surface area contributed by atoms with Crippen molar-refractivity contribution in [1.82, 2.24) is 4.98 Å². The van der Waals surface area contributed by atoms with Gasteiger partial charge in [0, 0.05) is 17.3 Å². The molecule has 0 aliphatic heterocycles. The van der Waals surface area contributed by atoms with Crippen molar-refractivity contribution in [3.63, 3.8) is 0 Å². The van der Waals surface area contributed by atoms with Gasteiger partial charge < -0.3 is 9.47 Å². The predicted octanol–water partition coefficient (Wildman–Crippen LogP) is 2.01. The van der Waals surface area contributed by atoms with E-state index in [9.17, 15) is 4.79 Å². The first-order chi connectivity index (χ1) is 7.63. The summed E-state index contributed by atoms with van der Waals surface area (Å²) in [7, 11) is 0. The summed E-state index contributed by atoms with van der Waals surface area (Å²) in [6.45, 7) is 6.81. The summed E-state index contributed by atoms with van der Waals surface area (Å²) >= 11 is 0. The van der Waals surface area contributed by atoms with E-state index in [0.717, 1.165) is 11.8 Å². The van der Waals surface area contributed by atoms with E-state index in [1.807, 2.05) is 20.8 Å². The maximum Gasteiger partial charge on any atom is 0.216 e. The summed E-state index contributed by atoms with van der Waals surface area (Å²) in [6.07, 6.45) is 2.47. The largest absolute Gasteiger partial charge is 0.475 e. The van der Waals surface area contributed by atoms with Crippen molar-refractivity contribution < 1.29 is 14.3 Å². The fraction of sp³-hybridized carbons (Fsp3) is 0.500. The van der Waals surface area contributed by atoms with Crippen molar-refractivity contribution in [1.29, 1.82) is 0 Å². The molecule has 1 aromatic heterocycles. The normalized spacial score (nSPS) is 10.5. The van der Waals surface area contributed by atoms with Crippen LogP contribution in [0.25, 0.3) is 0 Å². The number of carbonyl (C=O) groups excluding carboxylic acids is 1. The minimum atomic E-state index is 0.204. The molecule has 0 saturated heterocycles. The lowest BCUT2D eigenvalue weighted by Gasteiger charge is -2.10. The Balaban J connectivity index is 2.45. The molecule has 0 spiro atoms. The van der Waals surface area contributed by atoms with Gasteiger partial charge in [0.1, 0.15) is 6.61 Å². The number of carbonyl (C=O) groups is 1. The van der Waals surface area contributed by atoms with Gasteiger partial charge in [0.25, 0.3) is 0 Å². The fourth-order valence-corrected chi connectivity index (χ4v) is 1.22. The molecule has 0 N–H and O–H groups in total. The van der Waals surface area contributed by atoms with Crippen molar-refractivity contribution in [2.75, 3.05) is 13.2 Å². The Hall–Kier alpha value is -1.42. The van der Waals surface area contributed by atoms with Crippen molar-refractivity contribution in [3.05, 3.63) is 23.4 Å². The molecule has 16 heavy (non-hydrogen) atoms. The molecule has 0 bridgehead atoms. The van der Waals surface area contributed by atoms with E-state index in [0.29, 0.717) is 24.7 Å². The van der Waals surface area contributed by atoms with Crippen LogP contribution >= 0.6 is 0 Å². The van der Waals surface area contributed by atoms with Gasteiger partial charge in [-0.05, 0) is 26.8 Å². The van der Waals surface area contributed by atoms with Crippen molar-refractivity contribution in [3.8, 4) is 5.88 Å². The Morgan fingerprint density at radius 2 is 2.19 bits per heavy atom. The third-order valence-corrected chi connectivity index (χ3v) is 1.96. The zero-order chi connectivity index (χ0) is 12.0. The molecule has 1 aromatic rings. The SMILES string of the molecule is Cc1cc(C=O)cnc1OCCOC(C)C. The van der Waals surface area contributed by atoms with Gasteiger partial charge in [0.05, 0.1) is 12.7 Å². The molecular formula is C12H17NO3. The fourth-order valence-electron chi connectivity index (χ4n) is 1.22. The van der Waals surface area contributed by atoms with Crippen LogP contribution in [0.4, 0.5) is 0 Å². The first-order valence-electron chi connectivity index (χ1n) is 5.29. The Labute approximate surface area is 95.6 Å². The molecule has 0 amide bonds. The van der Waals surface area contributed by atoms with Crippen molar-refractivity contribution in [2.24, 2.45) is 0 Å². The number of hydrogen-bond acceptors (Lipinski definition) is 4. The molecule has 88 valence electrons. The van der Waals surface area contributed by atoms with Crippen LogP contribution < -0.4 is 4.74 Å². The van der Waals surface area contributed by atoms with E-state index in [1.165, 1.54) is 6.20 Å². The molecule has 0 aromatic carbocycles. The number of hydrogen-bond donors (Lipinski definition) is 0. The number of ether oxygens (including phenoxy) is 2. The van der Waals surface area contributed by atoms with Gasteiger partial charge in [-0.3, -0.25) is 4.79 Å². The highest BCUT2D eigenvalue weighted by Crippen LogP contribution is 2.14. The zero-order valence-corrected chi connectivity index (χ0v) is 9.90. The number of pyridine rings is 1. The Morgan fingerprint density at radius 1 is 1.44 bits per heavy atom. The second-order valence-electron chi connectivity index (χ2n) is 3.78. The summed E-state index contributed by atoms with van der Waals surface area (Å²) in [6, 6.07) is 1.75. The van der Waals surface area contributed by atoms with E-state index in [-0.39, 0.29) is 6.10 Å². The summed E-state index contributed by atoms with van der Waals surface area (Å²) < 4.78 is 10.8. The molecule has 0 fully saturated rings. The molecule has 0 atom stereocenters. The van der Waals surface area contributed by atoms with E-state index in [2.05, 4.69) is 4.98 Å². The molecule has 0 radical (unpaired) electrons. The summed E-state index contributed by atoms with van der Waals surface area (Å²) in [4.78, 5) is 14.6. The number of aryl methyl sites for hydroxylation is 1. The molecule has 0 saturated carbocycles. The zero-order valence-electron chi connectivity index (χ0n) is 9.90. The van der Waals surface area contributed by atoms with Crippen LogP contribution in [0.15, 0.2) is 12.3 Å².